The Morgan fingerprint density at radius 2 is 1.93 bits per heavy atom. The summed E-state index contributed by atoms with van der Waals surface area (Å²) in [4.78, 5) is 39.8. The Kier molecular flexibility index (Phi) is 5.65. The summed E-state index contributed by atoms with van der Waals surface area (Å²) in [6.07, 6.45) is 1.25. The molecule has 0 aromatic rings. The van der Waals surface area contributed by atoms with E-state index in [1.165, 1.54) is 6.92 Å². The van der Waals surface area contributed by atoms with Gasteiger partial charge in [-0.25, -0.2) is 9.59 Å². The molecule has 0 saturated heterocycles. The summed E-state index contributed by atoms with van der Waals surface area (Å²) in [5.41, 5.74) is 0.270. The van der Waals surface area contributed by atoms with E-state index in [-0.39, 0.29) is 5.57 Å². The van der Waals surface area contributed by atoms with Crippen LogP contribution in [0.15, 0.2) is 24.3 Å². The lowest BCUT2D eigenvalue weighted by Crippen LogP contribution is -2.12. The molecule has 0 bridgehead atoms. The second-order valence-electron chi connectivity index (χ2n) is 2.54. The first kappa shape index (κ1) is 13.1. The normalized spacial score (nSPS) is 9.93. The van der Waals surface area contributed by atoms with Crippen molar-refractivity contribution in [1.82, 2.24) is 0 Å². The Morgan fingerprint density at radius 3 is 2.40 bits per heavy atom. The van der Waals surface area contributed by atoms with Crippen LogP contribution < -0.4 is 0 Å². The molecule has 0 saturated carbocycles. The van der Waals surface area contributed by atoms with Crippen molar-refractivity contribution in [2.75, 3.05) is 6.61 Å². The number of Topliss-reactive ketones (excluding diaryl/α,β-unsaturated/α-hetero) is 1. The van der Waals surface area contributed by atoms with E-state index in [0.717, 1.165) is 0 Å². The standard InChI is InChI=1S/C9H10O6/c1-6(2)7(10)5-14-15-9(13)4-3-8(11)12/h3-4H,1,5H2,2H3,(H,11,12). The summed E-state index contributed by atoms with van der Waals surface area (Å²) in [7, 11) is 0. The van der Waals surface area contributed by atoms with Crippen molar-refractivity contribution in [1.29, 1.82) is 0 Å². The highest BCUT2D eigenvalue weighted by atomic mass is 17.2. The lowest BCUT2D eigenvalue weighted by Gasteiger charge is -1.99. The van der Waals surface area contributed by atoms with Crippen LogP contribution in [-0.4, -0.2) is 29.4 Å². The van der Waals surface area contributed by atoms with Crippen molar-refractivity contribution in [3.05, 3.63) is 24.3 Å². The number of carbonyl (C=O) groups is 3. The van der Waals surface area contributed by atoms with Gasteiger partial charge in [-0.15, -0.1) is 0 Å². The molecule has 0 aliphatic carbocycles. The third-order valence-corrected chi connectivity index (χ3v) is 1.17. The van der Waals surface area contributed by atoms with E-state index >= 15 is 0 Å². The number of hydrogen-bond donors (Lipinski definition) is 1. The van der Waals surface area contributed by atoms with Crippen molar-refractivity contribution in [3.63, 3.8) is 0 Å². The second-order valence-corrected chi connectivity index (χ2v) is 2.54. The van der Waals surface area contributed by atoms with Gasteiger partial charge in [-0.3, -0.25) is 9.68 Å². The molecule has 0 amide bonds. The maximum absolute atomic E-state index is 10.9. The number of hydrogen-bond acceptors (Lipinski definition) is 5. The molecular formula is C9H10O6. The van der Waals surface area contributed by atoms with E-state index in [9.17, 15) is 14.4 Å². The van der Waals surface area contributed by atoms with Crippen molar-refractivity contribution >= 4 is 17.7 Å². The first-order valence-corrected chi connectivity index (χ1v) is 3.86. The topological polar surface area (TPSA) is 89.9 Å². The van der Waals surface area contributed by atoms with E-state index in [4.69, 9.17) is 5.11 Å². The Balaban J connectivity index is 3.78. The smallest absolute Gasteiger partial charge is 0.366 e. The zero-order chi connectivity index (χ0) is 11.8. The third-order valence-electron chi connectivity index (χ3n) is 1.17. The monoisotopic (exact) mass is 214 g/mol. The van der Waals surface area contributed by atoms with Gasteiger partial charge in [0.05, 0.1) is 0 Å². The number of carboxylic acid groups (broad SMARTS) is 1. The fraction of sp³-hybridized carbons (Fsp3) is 0.222. The van der Waals surface area contributed by atoms with Gasteiger partial charge in [0.25, 0.3) is 0 Å². The van der Waals surface area contributed by atoms with Crippen molar-refractivity contribution in [2.45, 2.75) is 6.92 Å². The fourth-order valence-corrected chi connectivity index (χ4v) is 0.431. The van der Waals surface area contributed by atoms with E-state index in [1.807, 2.05) is 0 Å². The first-order chi connectivity index (χ1) is 6.93. The molecule has 6 heteroatoms. The molecule has 0 radical (unpaired) electrons. The molecule has 0 atom stereocenters. The SMILES string of the molecule is C=C(C)C(=O)COOC(=O)C=CC(=O)O. The molecular weight excluding hydrogens is 204 g/mol. The molecule has 0 aromatic carbocycles. The largest absolute Gasteiger partial charge is 0.478 e. The van der Waals surface area contributed by atoms with Gasteiger partial charge in [-0.1, -0.05) is 6.58 Å². The zero-order valence-corrected chi connectivity index (χ0v) is 8.06. The molecule has 1 N–H and O–H groups in total. The molecule has 0 aliphatic rings. The molecule has 0 aromatic heterocycles. The summed E-state index contributed by atoms with van der Waals surface area (Å²) in [5, 5.41) is 8.15. The molecule has 0 fully saturated rings. The van der Waals surface area contributed by atoms with Gasteiger partial charge >= 0.3 is 11.9 Å². The van der Waals surface area contributed by atoms with Crippen LogP contribution in [0.3, 0.4) is 0 Å². The van der Waals surface area contributed by atoms with Gasteiger partial charge in [0.15, 0.2) is 12.4 Å². The van der Waals surface area contributed by atoms with Crippen LogP contribution >= 0.6 is 0 Å². The highest BCUT2D eigenvalue weighted by Gasteiger charge is 2.05. The van der Waals surface area contributed by atoms with Crippen LogP contribution in [0.1, 0.15) is 6.92 Å². The Hall–Kier alpha value is -1.95. The maximum Gasteiger partial charge on any atom is 0.366 e. The minimum Gasteiger partial charge on any atom is -0.478 e. The van der Waals surface area contributed by atoms with Gasteiger partial charge in [0.2, 0.25) is 0 Å². The lowest BCUT2D eigenvalue weighted by atomic mass is 10.2. The highest BCUT2D eigenvalue weighted by molar-refractivity contribution is 5.95. The van der Waals surface area contributed by atoms with Crippen molar-refractivity contribution in [2.24, 2.45) is 0 Å². The summed E-state index contributed by atoms with van der Waals surface area (Å²) < 4.78 is 0. The first-order valence-electron chi connectivity index (χ1n) is 3.86. The molecule has 15 heavy (non-hydrogen) atoms. The predicted octanol–water partition coefficient (Wildman–Crippen LogP) is 0.247. The minimum atomic E-state index is -1.29. The van der Waals surface area contributed by atoms with Crippen LogP contribution in [0.25, 0.3) is 0 Å². The number of rotatable bonds is 6. The molecule has 6 nitrogen and oxygen atoms in total. The van der Waals surface area contributed by atoms with Gasteiger partial charge < -0.3 is 5.11 Å². The van der Waals surface area contributed by atoms with E-state index in [1.54, 1.807) is 0 Å². The lowest BCUT2D eigenvalue weighted by molar-refractivity contribution is -0.262. The van der Waals surface area contributed by atoms with E-state index in [0.29, 0.717) is 12.2 Å². The van der Waals surface area contributed by atoms with Gasteiger partial charge in [0, 0.05) is 12.2 Å². The number of ketones is 1. The van der Waals surface area contributed by atoms with Crippen molar-refractivity contribution in [3.8, 4) is 0 Å². The van der Waals surface area contributed by atoms with Crippen molar-refractivity contribution < 1.29 is 29.3 Å². The molecule has 0 rings (SSSR count). The van der Waals surface area contributed by atoms with Crippen LogP contribution in [0.5, 0.6) is 0 Å². The van der Waals surface area contributed by atoms with Crippen LogP contribution in [-0.2, 0) is 24.2 Å². The maximum atomic E-state index is 10.9. The number of carbonyl (C=O) groups excluding carboxylic acids is 2. The predicted molar refractivity (Wildman–Crippen MR) is 48.6 cm³/mol. The number of aliphatic carboxylic acids is 1. The minimum absolute atomic E-state index is 0.270. The quantitative estimate of drug-likeness (QED) is 0.387. The molecule has 0 unspecified atom stereocenters. The summed E-state index contributed by atoms with van der Waals surface area (Å²) in [5.74, 6) is -2.71. The second kappa shape index (κ2) is 6.50. The third kappa shape index (κ3) is 7.15. The number of carboxylic acids is 1. The highest BCUT2D eigenvalue weighted by Crippen LogP contribution is 1.92. The van der Waals surface area contributed by atoms with Crippen LogP contribution in [0.2, 0.25) is 0 Å². The van der Waals surface area contributed by atoms with Crippen LogP contribution in [0.4, 0.5) is 0 Å². The Labute approximate surface area is 85.7 Å². The zero-order valence-electron chi connectivity index (χ0n) is 8.06. The molecule has 82 valence electrons. The van der Waals surface area contributed by atoms with Crippen LogP contribution in [0, 0.1) is 0 Å². The average Bonchev–Trinajstić information content (AvgIpc) is 2.14. The van der Waals surface area contributed by atoms with E-state index in [2.05, 4.69) is 16.4 Å². The van der Waals surface area contributed by atoms with Gasteiger partial charge in [0.1, 0.15) is 0 Å². The molecule has 0 aliphatic heterocycles. The van der Waals surface area contributed by atoms with Gasteiger partial charge in [-0.05, 0) is 12.5 Å². The summed E-state index contributed by atoms with van der Waals surface area (Å²) in [6.45, 7) is 4.39. The fourth-order valence-electron chi connectivity index (χ4n) is 0.431. The summed E-state index contributed by atoms with van der Waals surface area (Å²) in [6, 6.07) is 0. The molecule has 0 spiro atoms. The Bertz CT molecular complexity index is 315. The molecule has 0 heterocycles. The van der Waals surface area contributed by atoms with Gasteiger partial charge in [-0.2, -0.15) is 4.89 Å². The summed E-state index contributed by atoms with van der Waals surface area (Å²) >= 11 is 0. The Morgan fingerprint density at radius 1 is 1.33 bits per heavy atom. The van der Waals surface area contributed by atoms with E-state index < -0.39 is 24.3 Å². The average molecular weight is 214 g/mol.